The summed E-state index contributed by atoms with van der Waals surface area (Å²) < 4.78 is 1.85. The maximum absolute atomic E-state index is 6.11. The van der Waals surface area contributed by atoms with Crippen LogP contribution in [0.4, 0.5) is 0 Å². The molecule has 0 saturated heterocycles. The van der Waals surface area contributed by atoms with Crippen LogP contribution in [0.15, 0.2) is 36.5 Å². The van der Waals surface area contributed by atoms with Gasteiger partial charge in [0.2, 0.25) is 0 Å². The van der Waals surface area contributed by atoms with E-state index in [-0.39, 0.29) is 0 Å². The molecule has 78 valence electrons. The monoisotopic (exact) mass is 221 g/mol. The van der Waals surface area contributed by atoms with Gasteiger partial charge in [0.1, 0.15) is 0 Å². The predicted octanol–water partition coefficient (Wildman–Crippen LogP) is 2.25. The zero-order valence-corrected chi connectivity index (χ0v) is 9.20. The van der Waals surface area contributed by atoms with Crippen molar-refractivity contribution >= 4 is 11.6 Å². The smallest absolute Gasteiger partial charge is 0.0835 e. The molecule has 0 amide bonds. The number of para-hydroxylation sites is 1. The highest BCUT2D eigenvalue weighted by Gasteiger charge is 2.06. The molecule has 0 saturated carbocycles. The first-order chi connectivity index (χ1) is 7.33. The van der Waals surface area contributed by atoms with E-state index in [0.717, 1.165) is 17.9 Å². The van der Waals surface area contributed by atoms with Crippen LogP contribution in [0.2, 0.25) is 5.02 Å². The third-order valence-electron chi connectivity index (χ3n) is 2.16. The third kappa shape index (κ3) is 2.03. The minimum atomic E-state index is 0.707. The summed E-state index contributed by atoms with van der Waals surface area (Å²) >= 11 is 6.11. The van der Waals surface area contributed by atoms with E-state index < -0.39 is 0 Å². The topological polar surface area (TPSA) is 29.9 Å². The number of aromatic nitrogens is 2. The van der Waals surface area contributed by atoms with E-state index in [1.54, 1.807) is 6.20 Å². The van der Waals surface area contributed by atoms with E-state index in [4.69, 9.17) is 11.6 Å². The molecule has 3 nitrogen and oxygen atoms in total. The lowest BCUT2D eigenvalue weighted by Crippen LogP contribution is -2.11. The van der Waals surface area contributed by atoms with Gasteiger partial charge in [0, 0.05) is 12.7 Å². The van der Waals surface area contributed by atoms with Gasteiger partial charge in [-0.3, -0.25) is 0 Å². The number of hydrogen-bond donors (Lipinski definition) is 1. The van der Waals surface area contributed by atoms with Gasteiger partial charge in [-0.25, -0.2) is 4.68 Å². The predicted molar refractivity (Wildman–Crippen MR) is 61.3 cm³/mol. The highest BCUT2D eigenvalue weighted by atomic mass is 35.5. The number of nitrogens with one attached hydrogen (secondary N) is 1. The first-order valence-electron chi connectivity index (χ1n) is 4.75. The second kappa shape index (κ2) is 4.47. The quantitative estimate of drug-likeness (QED) is 0.862. The summed E-state index contributed by atoms with van der Waals surface area (Å²) in [6, 6.07) is 9.65. The van der Waals surface area contributed by atoms with E-state index in [2.05, 4.69) is 10.4 Å². The summed E-state index contributed by atoms with van der Waals surface area (Å²) in [5, 5.41) is 8.06. The Morgan fingerprint density at radius 2 is 2.13 bits per heavy atom. The Morgan fingerprint density at radius 1 is 1.33 bits per heavy atom. The van der Waals surface area contributed by atoms with Crippen LogP contribution in [0.3, 0.4) is 0 Å². The summed E-state index contributed by atoms with van der Waals surface area (Å²) in [6.07, 6.45) is 1.77. The maximum Gasteiger partial charge on any atom is 0.0835 e. The molecule has 0 atom stereocenters. The van der Waals surface area contributed by atoms with Crippen LogP contribution in [0.1, 0.15) is 5.69 Å². The van der Waals surface area contributed by atoms with Crippen molar-refractivity contribution in [2.75, 3.05) is 7.05 Å². The third-order valence-corrected chi connectivity index (χ3v) is 2.48. The molecule has 0 aliphatic carbocycles. The Bertz CT molecular complexity index is 451. The standard InChI is InChI=1S/C11H12ClN3/c1-13-8-9-6-7-14-15(9)11-5-3-2-4-10(11)12/h2-7,13H,8H2,1H3. The highest BCUT2D eigenvalue weighted by molar-refractivity contribution is 6.32. The molecule has 4 heteroatoms. The molecule has 0 bridgehead atoms. The average molecular weight is 222 g/mol. The van der Waals surface area contributed by atoms with Gasteiger partial charge in [0.25, 0.3) is 0 Å². The zero-order chi connectivity index (χ0) is 10.7. The average Bonchev–Trinajstić information content (AvgIpc) is 2.67. The molecular formula is C11H12ClN3. The highest BCUT2D eigenvalue weighted by Crippen LogP contribution is 2.20. The summed E-state index contributed by atoms with van der Waals surface area (Å²) in [6.45, 7) is 0.769. The number of rotatable bonds is 3. The minimum absolute atomic E-state index is 0.707. The van der Waals surface area contributed by atoms with Gasteiger partial charge < -0.3 is 5.32 Å². The molecule has 0 spiro atoms. The fourth-order valence-electron chi connectivity index (χ4n) is 1.49. The fourth-order valence-corrected chi connectivity index (χ4v) is 1.70. The van der Waals surface area contributed by atoms with Crippen LogP contribution in [-0.4, -0.2) is 16.8 Å². The zero-order valence-electron chi connectivity index (χ0n) is 8.44. The van der Waals surface area contributed by atoms with E-state index in [1.165, 1.54) is 0 Å². The van der Waals surface area contributed by atoms with Crippen LogP contribution in [0.25, 0.3) is 5.69 Å². The Morgan fingerprint density at radius 3 is 2.87 bits per heavy atom. The lowest BCUT2D eigenvalue weighted by molar-refractivity contribution is 0.729. The molecular weight excluding hydrogens is 210 g/mol. The summed E-state index contributed by atoms with van der Waals surface area (Å²) in [5.41, 5.74) is 2.00. The van der Waals surface area contributed by atoms with Crippen molar-refractivity contribution in [2.45, 2.75) is 6.54 Å². The Kier molecular flexibility index (Phi) is 3.04. The molecule has 1 aromatic carbocycles. The molecule has 0 aliphatic heterocycles. The molecule has 0 aliphatic rings. The lowest BCUT2D eigenvalue weighted by Gasteiger charge is -2.08. The second-order valence-electron chi connectivity index (χ2n) is 3.22. The van der Waals surface area contributed by atoms with Gasteiger partial charge in [0.05, 0.1) is 16.4 Å². The van der Waals surface area contributed by atoms with E-state index in [1.807, 2.05) is 42.1 Å². The Labute approximate surface area is 93.7 Å². The molecule has 1 heterocycles. The SMILES string of the molecule is CNCc1ccnn1-c1ccccc1Cl. The van der Waals surface area contributed by atoms with E-state index in [9.17, 15) is 0 Å². The maximum atomic E-state index is 6.11. The molecule has 0 fully saturated rings. The summed E-state index contributed by atoms with van der Waals surface area (Å²) in [4.78, 5) is 0. The van der Waals surface area contributed by atoms with Gasteiger partial charge in [-0.1, -0.05) is 23.7 Å². The lowest BCUT2D eigenvalue weighted by atomic mass is 10.3. The molecule has 2 aromatic rings. The molecule has 0 unspecified atom stereocenters. The van der Waals surface area contributed by atoms with Crippen LogP contribution in [0, 0.1) is 0 Å². The first kappa shape index (κ1) is 10.2. The molecule has 1 aromatic heterocycles. The molecule has 2 rings (SSSR count). The first-order valence-corrected chi connectivity index (χ1v) is 5.13. The van der Waals surface area contributed by atoms with Crippen molar-refractivity contribution in [3.8, 4) is 5.69 Å². The minimum Gasteiger partial charge on any atom is -0.314 e. The van der Waals surface area contributed by atoms with Crippen molar-refractivity contribution in [3.63, 3.8) is 0 Å². The van der Waals surface area contributed by atoms with Crippen LogP contribution in [-0.2, 0) is 6.54 Å². The van der Waals surface area contributed by atoms with Crippen LogP contribution < -0.4 is 5.32 Å². The molecule has 1 N–H and O–H groups in total. The second-order valence-corrected chi connectivity index (χ2v) is 3.62. The number of nitrogens with zero attached hydrogens (tertiary/aromatic N) is 2. The van der Waals surface area contributed by atoms with Gasteiger partial charge in [-0.05, 0) is 25.2 Å². The summed E-state index contributed by atoms with van der Waals surface area (Å²) in [7, 11) is 1.91. The molecule has 15 heavy (non-hydrogen) atoms. The number of hydrogen-bond acceptors (Lipinski definition) is 2. The van der Waals surface area contributed by atoms with Crippen molar-refractivity contribution in [1.82, 2.24) is 15.1 Å². The van der Waals surface area contributed by atoms with Crippen LogP contribution >= 0.6 is 11.6 Å². The number of halogens is 1. The van der Waals surface area contributed by atoms with Gasteiger partial charge >= 0.3 is 0 Å². The van der Waals surface area contributed by atoms with Crippen molar-refractivity contribution in [2.24, 2.45) is 0 Å². The van der Waals surface area contributed by atoms with Crippen molar-refractivity contribution in [1.29, 1.82) is 0 Å². The molecule has 0 radical (unpaired) electrons. The normalized spacial score (nSPS) is 10.5. The largest absolute Gasteiger partial charge is 0.314 e. The Balaban J connectivity index is 2.45. The summed E-state index contributed by atoms with van der Waals surface area (Å²) in [5.74, 6) is 0. The fraction of sp³-hybridized carbons (Fsp3) is 0.182. The van der Waals surface area contributed by atoms with Crippen molar-refractivity contribution < 1.29 is 0 Å². The van der Waals surface area contributed by atoms with Gasteiger partial charge in [-0.2, -0.15) is 5.10 Å². The van der Waals surface area contributed by atoms with Gasteiger partial charge in [0.15, 0.2) is 0 Å². The van der Waals surface area contributed by atoms with E-state index in [0.29, 0.717) is 5.02 Å². The van der Waals surface area contributed by atoms with E-state index >= 15 is 0 Å². The Hall–Kier alpha value is -1.32. The number of benzene rings is 1. The van der Waals surface area contributed by atoms with Crippen molar-refractivity contribution in [3.05, 3.63) is 47.2 Å². The van der Waals surface area contributed by atoms with Gasteiger partial charge in [-0.15, -0.1) is 0 Å². The van der Waals surface area contributed by atoms with Crippen LogP contribution in [0.5, 0.6) is 0 Å².